The van der Waals surface area contributed by atoms with E-state index in [0.717, 1.165) is 19.3 Å². The third kappa shape index (κ3) is 7.49. The minimum atomic E-state index is -0.536. The smallest absolute Gasteiger partial charge is 0.315 e. The van der Waals surface area contributed by atoms with Crippen molar-refractivity contribution in [3.8, 4) is 0 Å². The molecule has 1 rings (SSSR count). The summed E-state index contributed by atoms with van der Waals surface area (Å²) in [4.78, 5) is 12.7. The van der Waals surface area contributed by atoms with Crippen LogP contribution in [-0.2, 0) is 14.3 Å². The molecule has 1 aliphatic rings. The fraction of sp³-hybridized carbons (Fsp3) is 0.944. The number of ether oxygens (including phenoxy) is 2. The van der Waals surface area contributed by atoms with E-state index in [1.165, 1.54) is 19.3 Å². The van der Waals surface area contributed by atoms with Crippen LogP contribution < -0.4 is 5.32 Å². The molecule has 0 heterocycles. The number of hydrogen-bond acceptors (Lipinski definition) is 4. The van der Waals surface area contributed by atoms with Gasteiger partial charge in [0.2, 0.25) is 6.29 Å². The molecule has 1 aliphatic carbocycles. The Bertz CT molecular complexity index is 364. The van der Waals surface area contributed by atoms with Crippen LogP contribution in [0.2, 0.25) is 0 Å². The van der Waals surface area contributed by atoms with E-state index < -0.39 is 11.7 Å². The predicted molar refractivity (Wildman–Crippen MR) is 98.5 cm³/mol. The maximum absolute atomic E-state index is 12.7. The topological polar surface area (TPSA) is 47.6 Å². The zero-order valence-corrected chi connectivity index (χ0v) is 16.8. The molecule has 0 amide bonds. The van der Waals surface area contributed by atoms with Gasteiger partial charge in [0.05, 0.1) is 11.5 Å². The molecule has 5 heteroatoms. The number of esters is 1. The summed E-state index contributed by atoms with van der Waals surface area (Å²) in [6.07, 6.45) is 7.05. The highest BCUT2D eigenvalue weighted by molar-refractivity contribution is 7.16. The van der Waals surface area contributed by atoms with Gasteiger partial charge in [-0.3, -0.25) is 4.79 Å². The molecule has 136 valence electrons. The van der Waals surface area contributed by atoms with Gasteiger partial charge < -0.3 is 14.8 Å². The fourth-order valence-corrected chi connectivity index (χ4v) is 3.22. The Morgan fingerprint density at radius 1 is 1.22 bits per heavy atom. The van der Waals surface area contributed by atoms with Crippen molar-refractivity contribution in [3.05, 3.63) is 0 Å². The van der Waals surface area contributed by atoms with Crippen LogP contribution in [0.15, 0.2) is 0 Å². The zero-order valence-electron chi connectivity index (χ0n) is 15.6. The molecule has 0 aromatic rings. The molecule has 0 aromatic heterocycles. The fourth-order valence-electron chi connectivity index (χ4n) is 2.91. The first-order valence-corrected chi connectivity index (χ1v) is 9.73. The molecule has 0 saturated heterocycles. The minimum absolute atomic E-state index is 0.0555. The van der Waals surface area contributed by atoms with Crippen molar-refractivity contribution in [2.24, 2.45) is 10.8 Å². The Labute approximate surface area is 144 Å². The van der Waals surface area contributed by atoms with Gasteiger partial charge in [0, 0.05) is 13.0 Å². The molecule has 1 N–H and O–H groups in total. The highest BCUT2D eigenvalue weighted by atomic mass is 31.0. The van der Waals surface area contributed by atoms with Crippen LogP contribution >= 0.6 is 9.24 Å². The maximum atomic E-state index is 12.7. The average molecular weight is 345 g/mol. The highest BCUT2D eigenvalue weighted by Crippen LogP contribution is 2.30. The quantitative estimate of drug-likeness (QED) is 0.413. The number of carbonyl (C=O) groups excluding carboxylic acids is 1. The molecule has 0 bridgehead atoms. The van der Waals surface area contributed by atoms with Gasteiger partial charge in [-0.1, -0.05) is 40.0 Å². The lowest BCUT2D eigenvalue weighted by Gasteiger charge is -2.34. The Morgan fingerprint density at radius 2 is 1.83 bits per heavy atom. The first-order chi connectivity index (χ1) is 10.7. The molecule has 1 saturated carbocycles. The molecular weight excluding hydrogens is 309 g/mol. The van der Waals surface area contributed by atoms with E-state index in [2.05, 4.69) is 35.3 Å². The van der Waals surface area contributed by atoms with Gasteiger partial charge in [-0.2, -0.15) is 0 Å². The monoisotopic (exact) mass is 345 g/mol. The molecule has 0 radical (unpaired) electrons. The van der Waals surface area contributed by atoms with Crippen LogP contribution in [0.5, 0.6) is 0 Å². The van der Waals surface area contributed by atoms with Gasteiger partial charge >= 0.3 is 5.97 Å². The molecule has 0 aromatic carbocycles. The number of rotatable bonds is 8. The number of nitrogens with one attached hydrogen (secondary N) is 1. The van der Waals surface area contributed by atoms with Crippen molar-refractivity contribution in [2.75, 3.05) is 19.8 Å². The van der Waals surface area contributed by atoms with Crippen LogP contribution in [0.3, 0.4) is 0 Å². The molecule has 3 atom stereocenters. The Morgan fingerprint density at radius 3 is 2.30 bits per heavy atom. The lowest BCUT2D eigenvalue weighted by Crippen LogP contribution is -2.43. The van der Waals surface area contributed by atoms with Gasteiger partial charge in [-0.15, -0.1) is 9.24 Å². The molecule has 0 spiro atoms. The van der Waals surface area contributed by atoms with E-state index in [1.807, 2.05) is 14.0 Å². The third-order valence-electron chi connectivity index (χ3n) is 4.42. The second kappa shape index (κ2) is 9.34. The summed E-state index contributed by atoms with van der Waals surface area (Å²) in [5.41, 5.74) is -0.481. The van der Waals surface area contributed by atoms with E-state index in [1.54, 1.807) is 0 Å². The molecule has 0 aliphatic heterocycles. The maximum Gasteiger partial charge on any atom is 0.315 e. The van der Waals surface area contributed by atoms with Gasteiger partial charge in [-0.25, -0.2) is 0 Å². The third-order valence-corrected chi connectivity index (χ3v) is 5.33. The summed E-state index contributed by atoms with van der Waals surface area (Å²) in [5, 5.41) is 3.09. The summed E-state index contributed by atoms with van der Waals surface area (Å²) >= 11 is 0. The van der Waals surface area contributed by atoms with E-state index >= 15 is 0 Å². The van der Waals surface area contributed by atoms with Crippen LogP contribution in [0, 0.1) is 10.8 Å². The van der Waals surface area contributed by atoms with Crippen LogP contribution in [0.25, 0.3) is 0 Å². The van der Waals surface area contributed by atoms with E-state index in [4.69, 9.17) is 9.47 Å². The van der Waals surface area contributed by atoms with Crippen LogP contribution in [0.4, 0.5) is 0 Å². The van der Waals surface area contributed by atoms with Gasteiger partial charge in [0.25, 0.3) is 0 Å². The van der Waals surface area contributed by atoms with Gasteiger partial charge in [0.1, 0.15) is 0 Å². The Kier molecular flexibility index (Phi) is 8.47. The Balaban J connectivity index is 2.72. The molecular formula is C18H36NO3P. The van der Waals surface area contributed by atoms with Crippen molar-refractivity contribution < 1.29 is 14.3 Å². The molecule has 3 unspecified atom stereocenters. The average Bonchev–Trinajstić information content (AvgIpc) is 2.46. The van der Waals surface area contributed by atoms with Crippen molar-refractivity contribution >= 4 is 15.2 Å². The molecule has 4 nitrogen and oxygen atoms in total. The summed E-state index contributed by atoms with van der Waals surface area (Å²) in [6, 6.07) is 0. The SMILES string of the molecule is CNCC(C)(CP)C(=O)OC(CC(C)(C)C)OC1CCCCC1. The van der Waals surface area contributed by atoms with Crippen LogP contribution in [0.1, 0.15) is 66.2 Å². The zero-order chi connectivity index (χ0) is 17.5. The summed E-state index contributed by atoms with van der Waals surface area (Å²) in [7, 11) is 4.51. The predicted octanol–water partition coefficient (Wildman–Crippen LogP) is 3.74. The lowest BCUT2D eigenvalue weighted by atomic mass is 9.91. The minimum Gasteiger partial charge on any atom is -0.435 e. The number of carbonyl (C=O) groups is 1. The summed E-state index contributed by atoms with van der Waals surface area (Å²) in [6.45, 7) is 9.00. The van der Waals surface area contributed by atoms with Gasteiger partial charge in [0.15, 0.2) is 0 Å². The second-order valence-electron chi connectivity index (χ2n) is 8.29. The standard InChI is InChI=1S/C18H36NO3P/c1-17(2,3)11-15(21-14-9-7-6-8-10-14)22-16(20)18(4,13-23)12-19-5/h14-15,19H,6-13,23H2,1-5H3. The van der Waals surface area contributed by atoms with Crippen molar-refractivity contribution in [3.63, 3.8) is 0 Å². The molecule has 1 fully saturated rings. The first-order valence-electron chi connectivity index (χ1n) is 8.91. The Hall–Kier alpha value is -0.180. The van der Waals surface area contributed by atoms with E-state index in [0.29, 0.717) is 12.7 Å². The van der Waals surface area contributed by atoms with Crippen molar-refractivity contribution in [2.45, 2.75) is 78.6 Å². The molecule has 23 heavy (non-hydrogen) atoms. The summed E-state index contributed by atoms with van der Waals surface area (Å²) < 4.78 is 12.0. The van der Waals surface area contributed by atoms with E-state index in [-0.39, 0.29) is 17.5 Å². The largest absolute Gasteiger partial charge is 0.435 e. The first kappa shape index (κ1) is 20.9. The normalized spacial score (nSPS) is 20.8. The van der Waals surface area contributed by atoms with Crippen molar-refractivity contribution in [1.82, 2.24) is 5.32 Å². The summed E-state index contributed by atoms with van der Waals surface area (Å²) in [5.74, 6) is -0.174. The lowest BCUT2D eigenvalue weighted by molar-refractivity contribution is -0.207. The van der Waals surface area contributed by atoms with Crippen LogP contribution in [-0.4, -0.2) is 38.1 Å². The van der Waals surface area contributed by atoms with Crippen molar-refractivity contribution in [1.29, 1.82) is 0 Å². The second-order valence-corrected chi connectivity index (χ2v) is 8.70. The van der Waals surface area contributed by atoms with E-state index in [9.17, 15) is 4.79 Å². The highest BCUT2D eigenvalue weighted by Gasteiger charge is 2.36. The number of hydrogen-bond donors (Lipinski definition) is 1. The van der Waals surface area contributed by atoms with Gasteiger partial charge in [-0.05, 0) is 38.4 Å².